The monoisotopic (exact) mass is 381 g/mol. The summed E-state index contributed by atoms with van der Waals surface area (Å²) in [6, 6.07) is 9.68. The van der Waals surface area contributed by atoms with Crippen LogP contribution in [0.3, 0.4) is 0 Å². The van der Waals surface area contributed by atoms with Crippen LogP contribution >= 0.6 is 11.3 Å². The SMILES string of the molecule is Cc1cc(C)c(NC(=O)c2csc(Nc3ccc4c(c3)OCO4)n2)c(C)c1. The van der Waals surface area contributed by atoms with Crippen LogP contribution in [0.2, 0.25) is 0 Å². The number of carbonyl (C=O) groups is 1. The normalized spacial score (nSPS) is 12.1. The first-order chi connectivity index (χ1) is 13.0. The Hall–Kier alpha value is -3.06. The predicted octanol–water partition coefficient (Wildman–Crippen LogP) is 4.79. The Bertz CT molecular complexity index is 1010. The Labute approximate surface area is 161 Å². The number of hydrogen-bond donors (Lipinski definition) is 2. The van der Waals surface area contributed by atoms with Gasteiger partial charge in [0.2, 0.25) is 6.79 Å². The molecule has 6 nitrogen and oxygen atoms in total. The number of nitrogens with zero attached hydrogens (tertiary/aromatic N) is 1. The number of amides is 1. The van der Waals surface area contributed by atoms with Crippen LogP contribution in [0.1, 0.15) is 27.2 Å². The van der Waals surface area contributed by atoms with Crippen molar-refractivity contribution >= 4 is 33.8 Å². The van der Waals surface area contributed by atoms with Crippen LogP contribution < -0.4 is 20.1 Å². The Kier molecular flexibility index (Phi) is 4.45. The Morgan fingerprint density at radius 3 is 2.59 bits per heavy atom. The summed E-state index contributed by atoms with van der Waals surface area (Å²) in [4.78, 5) is 17.0. The Balaban J connectivity index is 1.48. The van der Waals surface area contributed by atoms with Gasteiger partial charge in [0.1, 0.15) is 5.69 Å². The van der Waals surface area contributed by atoms with Gasteiger partial charge in [-0.1, -0.05) is 17.7 Å². The summed E-state index contributed by atoms with van der Waals surface area (Å²) in [5, 5.41) is 8.54. The maximum Gasteiger partial charge on any atom is 0.275 e. The quantitative estimate of drug-likeness (QED) is 0.680. The lowest BCUT2D eigenvalue weighted by molar-refractivity contribution is 0.102. The maximum absolute atomic E-state index is 12.6. The summed E-state index contributed by atoms with van der Waals surface area (Å²) in [6.07, 6.45) is 0. The number of aromatic nitrogens is 1. The molecule has 1 aliphatic heterocycles. The van der Waals surface area contributed by atoms with Crippen molar-refractivity contribution in [3.63, 3.8) is 0 Å². The molecule has 27 heavy (non-hydrogen) atoms. The van der Waals surface area contributed by atoms with Crippen molar-refractivity contribution in [1.29, 1.82) is 0 Å². The zero-order valence-corrected chi connectivity index (χ0v) is 16.1. The molecule has 7 heteroatoms. The van der Waals surface area contributed by atoms with E-state index in [1.54, 1.807) is 5.38 Å². The van der Waals surface area contributed by atoms with Crippen LogP contribution in [0.25, 0.3) is 0 Å². The van der Waals surface area contributed by atoms with Crippen LogP contribution in [-0.2, 0) is 0 Å². The predicted molar refractivity (Wildman–Crippen MR) is 107 cm³/mol. The highest BCUT2D eigenvalue weighted by Gasteiger charge is 2.16. The molecule has 0 saturated carbocycles. The highest BCUT2D eigenvalue weighted by Crippen LogP contribution is 2.35. The largest absolute Gasteiger partial charge is 0.454 e. The van der Waals surface area contributed by atoms with Crippen molar-refractivity contribution < 1.29 is 14.3 Å². The van der Waals surface area contributed by atoms with Gasteiger partial charge in [0.15, 0.2) is 16.6 Å². The minimum atomic E-state index is -0.222. The van der Waals surface area contributed by atoms with Crippen molar-refractivity contribution in [2.24, 2.45) is 0 Å². The molecule has 2 N–H and O–H groups in total. The molecule has 3 aromatic rings. The van der Waals surface area contributed by atoms with Gasteiger partial charge in [-0.05, 0) is 44.0 Å². The number of anilines is 3. The molecule has 0 radical (unpaired) electrons. The van der Waals surface area contributed by atoms with Crippen LogP contribution in [0.5, 0.6) is 11.5 Å². The lowest BCUT2D eigenvalue weighted by Gasteiger charge is -2.12. The zero-order chi connectivity index (χ0) is 19.0. The molecule has 0 saturated heterocycles. The molecule has 0 aliphatic carbocycles. The van der Waals surface area contributed by atoms with E-state index in [9.17, 15) is 4.79 Å². The summed E-state index contributed by atoms with van der Waals surface area (Å²) in [5.74, 6) is 1.20. The molecule has 0 bridgehead atoms. The molecule has 0 atom stereocenters. The third-order valence-corrected chi connectivity index (χ3v) is 5.03. The fourth-order valence-corrected chi connectivity index (χ4v) is 3.80. The average Bonchev–Trinajstić information content (AvgIpc) is 3.26. The Morgan fingerprint density at radius 1 is 1.07 bits per heavy atom. The third kappa shape index (κ3) is 3.59. The number of nitrogens with one attached hydrogen (secondary N) is 2. The third-order valence-electron chi connectivity index (χ3n) is 4.28. The number of rotatable bonds is 4. The number of aryl methyl sites for hydroxylation is 3. The average molecular weight is 381 g/mol. The van der Waals surface area contributed by atoms with Gasteiger partial charge in [-0.2, -0.15) is 0 Å². The minimum Gasteiger partial charge on any atom is -0.454 e. The topological polar surface area (TPSA) is 72.5 Å². The van der Waals surface area contributed by atoms with Crippen molar-refractivity contribution in [3.8, 4) is 11.5 Å². The minimum absolute atomic E-state index is 0.222. The number of ether oxygens (including phenoxy) is 2. The molecule has 0 fully saturated rings. The summed E-state index contributed by atoms with van der Waals surface area (Å²) >= 11 is 1.37. The van der Waals surface area contributed by atoms with E-state index < -0.39 is 0 Å². The number of benzene rings is 2. The van der Waals surface area contributed by atoms with Crippen molar-refractivity contribution in [2.75, 3.05) is 17.4 Å². The second kappa shape index (κ2) is 6.92. The van der Waals surface area contributed by atoms with E-state index >= 15 is 0 Å². The highest BCUT2D eigenvalue weighted by atomic mass is 32.1. The van der Waals surface area contributed by atoms with E-state index in [-0.39, 0.29) is 12.7 Å². The first-order valence-electron chi connectivity index (χ1n) is 8.51. The van der Waals surface area contributed by atoms with E-state index in [2.05, 4.69) is 27.8 Å². The van der Waals surface area contributed by atoms with Crippen LogP contribution in [-0.4, -0.2) is 17.7 Å². The molecule has 138 valence electrons. The van der Waals surface area contributed by atoms with Crippen molar-refractivity contribution in [2.45, 2.75) is 20.8 Å². The van der Waals surface area contributed by atoms with Gasteiger partial charge in [0.05, 0.1) is 0 Å². The van der Waals surface area contributed by atoms with Gasteiger partial charge in [-0.15, -0.1) is 11.3 Å². The number of thiazole rings is 1. The second-order valence-corrected chi connectivity index (χ2v) is 7.32. The van der Waals surface area contributed by atoms with Gasteiger partial charge >= 0.3 is 0 Å². The van der Waals surface area contributed by atoms with Gasteiger partial charge in [0.25, 0.3) is 5.91 Å². The van der Waals surface area contributed by atoms with E-state index in [0.717, 1.165) is 28.3 Å². The van der Waals surface area contributed by atoms with Crippen molar-refractivity contribution in [1.82, 2.24) is 4.98 Å². The summed E-state index contributed by atoms with van der Waals surface area (Å²) in [5.41, 5.74) is 5.29. The van der Waals surface area contributed by atoms with Crippen LogP contribution in [0.15, 0.2) is 35.7 Å². The second-order valence-electron chi connectivity index (χ2n) is 6.46. The maximum atomic E-state index is 12.6. The van der Waals surface area contributed by atoms with Gasteiger partial charge in [-0.3, -0.25) is 4.79 Å². The van der Waals surface area contributed by atoms with E-state index in [1.807, 2.05) is 39.0 Å². The van der Waals surface area contributed by atoms with Crippen LogP contribution in [0, 0.1) is 20.8 Å². The first-order valence-corrected chi connectivity index (χ1v) is 9.39. The molecular weight excluding hydrogens is 362 g/mol. The standard InChI is InChI=1S/C20H19N3O3S/c1-11-6-12(2)18(13(3)7-11)23-19(24)15-9-27-20(22-15)21-14-4-5-16-17(8-14)26-10-25-16/h4-9H,10H2,1-3H3,(H,21,22)(H,23,24). The smallest absolute Gasteiger partial charge is 0.275 e. The zero-order valence-electron chi connectivity index (χ0n) is 15.3. The lowest BCUT2D eigenvalue weighted by Crippen LogP contribution is -2.14. The molecule has 0 unspecified atom stereocenters. The van der Waals surface area contributed by atoms with Gasteiger partial charge < -0.3 is 20.1 Å². The van der Waals surface area contributed by atoms with Crippen LogP contribution in [0.4, 0.5) is 16.5 Å². The molecule has 2 aromatic carbocycles. The molecule has 1 aliphatic rings. The van der Waals surface area contributed by atoms with Gasteiger partial charge in [-0.25, -0.2) is 4.98 Å². The van der Waals surface area contributed by atoms with E-state index in [1.165, 1.54) is 16.9 Å². The lowest BCUT2D eigenvalue weighted by atomic mass is 10.1. The number of carbonyl (C=O) groups excluding carboxylic acids is 1. The summed E-state index contributed by atoms with van der Waals surface area (Å²) in [6.45, 7) is 6.25. The fraction of sp³-hybridized carbons (Fsp3) is 0.200. The number of hydrogen-bond acceptors (Lipinski definition) is 6. The highest BCUT2D eigenvalue weighted by molar-refractivity contribution is 7.14. The van der Waals surface area contributed by atoms with E-state index in [4.69, 9.17) is 9.47 Å². The molecular formula is C20H19N3O3S. The molecule has 1 aromatic heterocycles. The summed E-state index contributed by atoms with van der Waals surface area (Å²) in [7, 11) is 0. The fourth-order valence-electron chi connectivity index (χ4n) is 3.09. The molecule has 4 rings (SSSR count). The molecule has 2 heterocycles. The molecule has 1 amide bonds. The van der Waals surface area contributed by atoms with Gasteiger partial charge in [0, 0.05) is 22.8 Å². The van der Waals surface area contributed by atoms with E-state index in [0.29, 0.717) is 16.6 Å². The first kappa shape index (κ1) is 17.4. The summed E-state index contributed by atoms with van der Waals surface area (Å²) < 4.78 is 10.7. The Morgan fingerprint density at radius 2 is 1.81 bits per heavy atom. The van der Waals surface area contributed by atoms with Crippen molar-refractivity contribution in [3.05, 3.63) is 58.1 Å². The molecule has 0 spiro atoms. The number of fused-ring (bicyclic) bond motifs is 1.